The number of methoxy groups -OCH3 is 1. The summed E-state index contributed by atoms with van der Waals surface area (Å²) >= 11 is 0. The molecule has 1 fully saturated rings. The second-order valence-corrected chi connectivity index (χ2v) is 5.32. The maximum Gasteiger partial charge on any atom is 0.123 e. The number of benzene rings is 1. The molecule has 1 aromatic carbocycles. The molecule has 112 valence electrons. The first-order chi connectivity index (χ1) is 9.72. The SMILES string of the molecule is CCCNC(c1ccc(F)cc1)C1(OC)CCOCC1. The van der Waals surface area contributed by atoms with E-state index in [1.54, 1.807) is 7.11 Å². The Hall–Kier alpha value is -0.970. The fourth-order valence-electron chi connectivity index (χ4n) is 2.88. The number of ether oxygens (including phenoxy) is 2. The fraction of sp³-hybridized carbons (Fsp3) is 0.625. The molecule has 1 heterocycles. The Kier molecular flexibility index (Phi) is 5.52. The summed E-state index contributed by atoms with van der Waals surface area (Å²) in [6.07, 6.45) is 2.75. The van der Waals surface area contributed by atoms with E-state index in [1.165, 1.54) is 12.1 Å². The van der Waals surface area contributed by atoms with Gasteiger partial charge in [0, 0.05) is 33.2 Å². The van der Waals surface area contributed by atoms with Gasteiger partial charge < -0.3 is 14.8 Å². The van der Waals surface area contributed by atoms with Crippen molar-refractivity contribution in [3.8, 4) is 0 Å². The van der Waals surface area contributed by atoms with Gasteiger partial charge in [0.25, 0.3) is 0 Å². The van der Waals surface area contributed by atoms with Crippen LogP contribution in [0.2, 0.25) is 0 Å². The Labute approximate surface area is 120 Å². The van der Waals surface area contributed by atoms with Gasteiger partial charge in [-0.1, -0.05) is 19.1 Å². The van der Waals surface area contributed by atoms with Gasteiger partial charge in [0.2, 0.25) is 0 Å². The molecule has 1 N–H and O–H groups in total. The van der Waals surface area contributed by atoms with E-state index in [0.717, 1.165) is 31.4 Å². The minimum absolute atomic E-state index is 0.0666. The molecule has 0 saturated carbocycles. The number of nitrogens with one attached hydrogen (secondary N) is 1. The molecule has 1 aliphatic rings. The maximum atomic E-state index is 13.2. The summed E-state index contributed by atoms with van der Waals surface area (Å²) in [6.45, 7) is 4.46. The van der Waals surface area contributed by atoms with Crippen LogP contribution in [0, 0.1) is 5.82 Å². The van der Waals surface area contributed by atoms with E-state index in [2.05, 4.69) is 12.2 Å². The van der Waals surface area contributed by atoms with E-state index in [4.69, 9.17) is 9.47 Å². The average Bonchev–Trinajstić information content (AvgIpc) is 2.50. The zero-order valence-corrected chi connectivity index (χ0v) is 12.3. The first kappa shape index (κ1) is 15.4. The van der Waals surface area contributed by atoms with Crippen molar-refractivity contribution in [3.63, 3.8) is 0 Å². The van der Waals surface area contributed by atoms with E-state index in [-0.39, 0.29) is 17.5 Å². The number of halogens is 1. The molecule has 0 bridgehead atoms. The van der Waals surface area contributed by atoms with Crippen molar-refractivity contribution in [2.75, 3.05) is 26.9 Å². The van der Waals surface area contributed by atoms with Gasteiger partial charge in [0.1, 0.15) is 5.82 Å². The van der Waals surface area contributed by atoms with Crippen molar-refractivity contribution < 1.29 is 13.9 Å². The summed E-state index contributed by atoms with van der Waals surface area (Å²) in [6, 6.07) is 6.78. The summed E-state index contributed by atoms with van der Waals surface area (Å²) < 4.78 is 24.5. The van der Waals surface area contributed by atoms with Crippen molar-refractivity contribution in [3.05, 3.63) is 35.6 Å². The van der Waals surface area contributed by atoms with Crippen molar-refractivity contribution >= 4 is 0 Å². The highest BCUT2D eigenvalue weighted by Crippen LogP contribution is 2.37. The largest absolute Gasteiger partial charge is 0.381 e. The highest BCUT2D eigenvalue weighted by Gasteiger charge is 2.41. The van der Waals surface area contributed by atoms with Crippen LogP contribution in [-0.2, 0) is 9.47 Å². The van der Waals surface area contributed by atoms with Crippen LogP contribution in [0.3, 0.4) is 0 Å². The molecule has 3 nitrogen and oxygen atoms in total. The number of hydrogen-bond donors (Lipinski definition) is 1. The van der Waals surface area contributed by atoms with Crippen LogP contribution >= 0.6 is 0 Å². The van der Waals surface area contributed by atoms with Crippen molar-refractivity contribution in [1.29, 1.82) is 0 Å². The molecule has 0 aliphatic carbocycles. The molecule has 4 heteroatoms. The van der Waals surface area contributed by atoms with Crippen LogP contribution < -0.4 is 5.32 Å². The zero-order chi connectivity index (χ0) is 14.4. The number of hydrogen-bond acceptors (Lipinski definition) is 3. The summed E-state index contributed by atoms with van der Waals surface area (Å²) in [4.78, 5) is 0. The van der Waals surface area contributed by atoms with Gasteiger partial charge >= 0.3 is 0 Å². The van der Waals surface area contributed by atoms with E-state index in [1.807, 2.05) is 12.1 Å². The van der Waals surface area contributed by atoms with Crippen LogP contribution in [0.4, 0.5) is 4.39 Å². The summed E-state index contributed by atoms with van der Waals surface area (Å²) in [5.74, 6) is -0.207. The molecule has 0 spiro atoms. The van der Waals surface area contributed by atoms with E-state index < -0.39 is 0 Å². The molecule has 1 aromatic rings. The van der Waals surface area contributed by atoms with Gasteiger partial charge in [0.15, 0.2) is 0 Å². The predicted octanol–water partition coefficient (Wildman–Crippen LogP) is 3.06. The van der Waals surface area contributed by atoms with Gasteiger partial charge in [-0.15, -0.1) is 0 Å². The Balaban J connectivity index is 2.27. The molecule has 1 unspecified atom stereocenters. The third kappa shape index (κ3) is 3.37. The monoisotopic (exact) mass is 281 g/mol. The first-order valence-corrected chi connectivity index (χ1v) is 7.33. The lowest BCUT2D eigenvalue weighted by atomic mass is 9.82. The normalized spacial score (nSPS) is 19.8. The standard InChI is InChI=1S/C16H24FNO2/c1-3-10-18-15(13-4-6-14(17)7-5-13)16(19-2)8-11-20-12-9-16/h4-7,15,18H,3,8-12H2,1-2H3. The predicted molar refractivity (Wildman–Crippen MR) is 77.2 cm³/mol. The van der Waals surface area contributed by atoms with Crippen LogP contribution in [0.25, 0.3) is 0 Å². The van der Waals surface area contributed by atoms with Crippen LogP contribution in [-0.4, -0.2) is 32.5 Å². The Morgan fingerprint density at radius 2 is 1.95 bits per heavy atom. The molecule has 1 atom stereocenters. The highest BCUT2D eigenvalue weighted by molar-refractivity contribution is 5.23. The second kappa shape index (κ2) is 7.16. The van der Waals surface area contributed by atoms with Crippen molar-refractivity contribution in [1.82, 2.24) is 5.32 Å². The third-order valence-corrected chi connectivity index (χ3v) is 4.07. The van der Waals surface area contributed by atoms with E-state index >= 15 is 0 Å². The van der Waals surface area contributed by atoms with Gasteiger partial charge in [-0.3, -0.25) is 0 Å². The fourth-order valence-corrected chi connectivity index (χ4v) is 2.88. The second-order valence-electron chi connectivity index (χ2n) is 5.32. The molecule has 0 aromatic heterocycles. The Morgan fingerprint density at radius 3 is 2.50 bits per heavy atom. The van der Waals surface area contributed by atoms with Crippen LogP contribution in [0.15, 0.2) is 24.3 Å². The molecule has 1 saturated heterocycles. The highest BCUT2D eigenvalue weighted by atomic mass is 19.1. The van der Waals surface area contributed by atoms with Crippen molar-refractivity contribution in [2.24, 2.45) is 0 Å². The smallest absolute Gasteiger partial charge is 0.123 e. The minimum atomic E-state index is -0.273. The molecule has 0 amide bonds. The van der Waals surface area contributed by atoms with Gasteiger partial charge in [-0.05, 0) is 30.7 Å². The van der Waals surface area contributed by atoms with Crippen LogP contribution in [0.1, 0.15) is 37.8 Å². The molecule has 0 radical (unpaired) electrons. The molecule has 20 heavy (non-hydrogen) atoms. The summed E-state index contributed by atoms with van der Waals surface area (Å²) in [7, 11) is 1.76. The Morgan fingerprint density at radius 1 is 1.30 bits per heavy atom. The van der Waals surface area contributed by atoms with Crippen LogP contribution in [0.5, 0.6) is 0 Å². The third-order valence-electron chi connectivity index (χ3n) is 4.07. The average molecular weight is 281 g/mol. The molecular formula is C16H24FNO2. The lowest BCUT2D eigenvalue weighted by Gasteiger charge is -2.43. The van der Waals surface area contributed by atoms with Gasteiger partial charge in [0.05, 0.1) is 11.6 Å². The quantitative estimate of drug-likeness (QED) is 0.869. The lowest BCUT2D eigenvalue weighted by Crippen LogP contribution is -2.49. The summed E-state index contributed by atoms with van der Waals surface area (Å²) in [5.41, 5.74) is 0.800. The topological polar surface area (TPSA) is 30.5 Å². The van der Waals surface area contributed by atoms with E-state index in [0.29, 0.717) is 13.2 Å². The molecule has 1 aliphatic heterocycles. The first-order valence-electron chi connectivity index (χ1n) is 7.33. The molecule has 2 rings (SSSR count). The van der Waals surface area contributed by atoms with E-state index in [9.17, 15) is 4.39 Å². The van der Waals surface area contributed by atoms with Crippen molar-refractivity contribution in [2.45, 2.75) is 37.8 Å². The number of rotatable bonds is 6. The zero-order valence-electron chi connectivity index (χ0n) is 12.3. The molecular weight excluding hydrogens is 257 g/mol. The summed E-state index contributed by atoms with van der Waals surface area (Å²) in [5, 5.41) is 3.56. The lowest BCUT2D eigenvalue weighted by molar-refractivity contribution is -0.111. The van der Waals surface area contributed by atoms with Gasteiger partial charge in [-0.2, -0.15) is 0 Å². The maximum absolute atomic E-state index is 13.2. The van der Waals surface area contributed by atoms with Gasteiger partial charge in [-0.25, -0.2) is 4.39 Å². The Bertz CT molecular complexity index is 401. The minimum Gasteiger partial charge on any atom is -0.381 e.